The monoisotopic (exact) mass is 252 g/mol. The molecule has 0 spiro atoms. The molecule has 0 aliphatic heterocycles. The average Bonchev–Trinajstić information content (AvgIpc) is 2.34. The Hall–Kier alpha value is 0.140. The number of carbonyl (C=O) groups excluding carboxylic acids is 1. The largest absolute Gasteiger partial charge is 0.298 e. The number of halogens is 2. The Kier molecular flexibility index (Phi) is 3.10. The number of thiophene rings is 1. The zero-order valence-electron chi connectivity index (χ0n) is 5.80. The van der Waals surface area contributed by atoms with Crippen LogP contribution in [0, 0.1) is 0 Å². The fraction of sp³-hybridized carbons (Fsp3) is 0.286. The van der Waals surface area contributed by atoms with Crippen LogP contribution in [0.2, 0.25) is 0 Å². The third-order valence-electron chi connectivity index (χ3n) is 1.20. The molecule has 0 fully saturated rings. The molecule has 1 atom stereocenters. The molecule has 1 aromatic rings. The molecule has 11 heavy (non-hydrogen) atoms. The van der Waals surface area contributed by atoms with Gasteiger partial charge in [0.2, 0.25) is 0 Å². The number of alkyl halides is 1. The molecule has 0 saturated heterocycles. The van der Waals surface area contributed by atoms with Gasteiger partial charge in [-0.3, -0.25) is 4.79 Å². The smallest absolute Gasteiger partial charge is 0.152 e. The van der Waals surface area contributed by atoms with Crippen molar-refractivity contribution in [2.45, 2.75) is 12.3 Å². The first-order chi connectivity index (χ1) is 5.11. The highest BCUT2D eigenvalue weighted by Gasteiger charge is 2.14. The first-order valence-electron chi connectivity index (χ1n) is 3.01. The lowest BCUT2D eigenvalue weighted by Gasteiger charge is -1.99. The predicted octanol–water partition coefficient (Wildman–Crippen LogP) is 3.38. The molecule has 1 rings (SSSR count). The molecular weight excluding hydrogens is 248 g/mol. The fourth-order valence-electron chi connectivity index (χ4n) is 0.665. The van der Waals surface area contributed by atoms with E-state index in [9.17, 15) is 4.79 Å². The van der Waals surface area contributed by atoms with Gasteiger partial charge in [0.25, 0.3) is 0 Å². The third kappa shape index (κ3) is 2.29. The first-order valence-corrected chi connectivity index (χ1v) is 5.05. The van der Waals surface area contributed by atoms with E-state index in [0.29, 0.717) is 0 Å². The van der Waals surface area contributed by atoms with Crippen LogP contribution in [0.15, 0.2) is 15.9 Å². The zero-order valence-corrected chi connectivity index (χ0v) is 8.96. The second-order valence-corrected chi connectivity index (χ2v) is 5.05. The highest BCUT2D eigenvalue weighted by Crippen LogP contribution is 2.31. The van der Waals surface area contributed by atoms with Gasteiger partial charge in [-0.1, -0.05) is 0 Å². The molecule has 0 aromatic carbocycles. The highest BCUT2D eigenvalue weighted by atomic mass is 79.9. The lowest BCUT2D eigenvalue weighted by atomic mass is 10.2. The van der Waals surface area contributed by atoms with Crippen molar-refractivity contribution in [1.82, 2.24) is 0 Å². The SMILES string of the molecule is CC(=O)C(Cl)c1ccc(Br)s1. The van der Waals surface area contributed by atoms with Gasteiger partial charge >= 0.3 is 0 Å². The van der Waals surface area contributed by atoms with Crippen LogP contribution in [0.5, 0.6) is 0 Å². The quantitative estimate of drug-likeness (QED) is 0.739. The van der Waals surface area contributed by atoms with Crippen LogP contribution in [0.25, 0.3) is 0 Å². The summed E-state index contributed by atoms with van der Waals surface area (Å²) in [6, 6.07) is 3.74. The van der Waals surface area contributed by atoms with E-state index in [-0.39, 0.29) is 5.78 Å². The van der Waals surface area contributed by atoms with Crippen molar-refractivity contribution in [1.29, 1.82) is 0 Å². The van der Waals surface area contributed by atoms with Gasteiger partial charge in [0.05, 0.1) is 3.79 Å². The molecule has 0 N–H and O–H groups in total. The van der Waals surface area contributed by atoms with E-state index in [2.05, 4.69) is 15.9 Å². The van der Waals surface area contributed by atoms with Gasteiger partial charge in [0, 0.05) is 4.88 Å². The minimum Gasteiger partial charge on any atom is -0.298 e. The summed E-state index contributed by atoms with van der Waals surface area (Å²) in [4.78, 5) is 11.7. The van der Waals surface area contributed by atoms with Gasteiger partial charge in [-0.2, -0.15) is 0 Å². The summed E-state index contributed by atoms with van der Waals surface area (Å²) in [7, 11) is 0. The van der Waals surface area contributed by atoms with Gasteiger partial charge in [0.15, 0.2) is 5.78 Å². The summed E-state index contributed by atoms with van der Waals surface area (Å²) < 4.78 is 0.999. The van der Waals surface area contributed by atoms with Crippen LogP contribution in [0.4, 0.5) is 0 Å². The second-order valence-electron chi connectivity index (χ2n) is 2.12. The highest BCUT2D eigenvalue weighted by molar-refractivity contribution is 9.11. The Labute approximate surface area is 82.5 Å². The molecule has 0 aliphatic carbocycles. The Morgan fingerprint density at radius 3 is 2.73 bits per heavy atom. The van der Waals surface area contributed by atoms with Crippen molar-refractivity contribution in [2.75, 3.05) is 0 Å². The van der Waals surface area contributed by atoms with Crippen LogP contribution >= 0.6 is 38.9 Å². The lowest BCUT2D eigenvalue weighted by molar-refractivity contribution is -0.116. The van der Waals surface area contributed by atoms with Crippen LogP contribution in [-0.4, -0.2) is 5.78 Å². The number of ketones is 1. The molecular formula is C7H6BrClOS. The Morgan fingerprint density at radius 2 is 2.36 bits per heavy atom. The molecule has 1 heterocycles. The van der Waals surface area contributed by atoms with Crippen molar-refractivity contribution >= 4 is 44.7 Å². The average molecular weight is 254 g/mol. The third-order valence-corrected chi connectivity index (χ3v) is 3.56. The normalized spacial score (nSPS) is 13.0. The molecule has 0 bridgehead atoms. The molecule has 1 nitrogen and oxygen atoms in total. The van der Waals surface area contributed by atoms with E-state index >= 15 is 0 Å². The first kappa shape index (κ1) is 9.23. The summed E-state index contributed by atoms with van der Waals surface area (Å²) in [6.07, 6.45) is 0. The Bertz CT molecular complexity index is 271. The molecule has 0 aliphatic rings. The number of carbonyl (C=O) groups is 1. The van der Waals surface area contributed by atoms with Crippen molar-refractivity contribution in [3.8, 4) is 0 Å². The Balaban J connectivity index is 2.84. The van der Waals surface area contributed by atoms with Gasteiger partial charge in [-0.15, -0.1) is 22.9 Å². The minimum absolute atomic E-state index is 0.0129. The van der Waals surface area contributed by atoms with E-state index in [1.165, 1.54) is 18.3 Å². The van der Waals surface area contributed by atoms with Crippen LogP contribution in [0.3, 0.4) is 0 Å². The van der Waals surface area contributed by atoms with Crippen LogP contribution in [-0.2, 0) is 4.79 Å². The minimum atomic E-state index is -0.480. The van der Waals surface area contributed by atoms with Crippen molar-refractivity contribution < 1.29 is 4.79 Å². The maximum Gasteiger partial charge on any atom is 0.152 e. The topological polar surface area (TPSA) is 17.1 Å². The molecule has 4 heteroatoms. The number of hydrogen-bond donors (Lipinski definition) is 0. The van der Waals surface area contributed by atoms with Crippen molar-refractivity contribution in [3.05, 3.63) is 20.8 Å². The molecule has 0 radical (unpaired) electrons. The number of hydrogen-bond acceptors (Lipinski definition) is 2. The summed E-state index contributed by atoms with van der Waals surface area (Å²) in [5, 5.41) is -0.480. The molecule has 0 amide bonds. The van der Waals surface area contributed by atoms with Gasteiger partial charge in [0.1, 0.15) is 5.38 Å². The number of rotatable bonds is 2. The van der Waals surface area contributed by atoms with Crippen LogP contribution < -0.4 is 0 Å². The van der Waals surface area contributed by atoms with Gasteiger partial charge in [-0.05, 0) is 35.0 Å². The summed E-state index contributed by atoms with van der Waals surface area (Å²) in [6.45, 7) is 1.49. The molecule has 1 aromatic heterocycles. The molecule has 1 unspecified atom stereocenters. The van der Waals surface area contributed by atoms with Crippen molar-refractivity contribution in [3.63, 3.8) is 0 Å². The fourth-order valence-corrected chi connectivity index (χ4v) is 2.33. The maximum absolute atomic E-state index is 10.8. The standard InChI is InChI=1S/C7H6BrClOS/c1-4(10)7(9)5-2-3-6(8)11-5/h2-3,7H,1H3. The van der Waals surface area contributed by atoms with E-state index in [1.807, 2.05) is 12.1 Å². The van der Waals surface area contributed by atoms with E-state index in [4.69, 9.17) is 11.6 Å². The molecule has 60 valence electrons. The van der Waals surface area contributed by atoms with E-state index in [1.54, 1.807) is 0 Å². The maximum atomic E-state index is 10.8. The van der Waals surface area contributed by atoms with E-state index in [0.717, 1.165) is 8.66 Å². The lowest BCUT2D eigenvalue weighted by Crippen LogP contribution is -1.98. The van der Waals surface area contributed by atoms with Gasteiger partial charge < -0.3 is 0 Å². The molecule has 0 saturated carbocycles. The second kappa shape index (κ2) is 3.70. The summed E-state index contributed by atoms with van der Waals surface area (Å²) in [5.74, 6) is -0.0129. The van der Waals surface area contributed by atoms with Gasteiger partial charge in [-0.25, -0.2) is 0 Å². The zero-order chi connectivity index (χ0) is 8.43. The Morgan fingerprint density at radius 1 is 1.73 bits per heavy atom. The van der Waals surface area contributed by atoms with Crippen LogP contribution in [0.1, 0.15) is 17.2 Å². The summed E-state index contributed by atoms with van der Waals surface area (Å²) >= 11 is 10.6. The van der Waals surface area contributed by atoms with Crippen molar-refractivity contribution in [2.24, 2.45) is 0 Å². The van der Waals surface area contributed by atoms with E-state index < -0.39 is 5.38 Å². The summed E-state index contributed by atoms with van der Waals surface area (Å²) in [5.41, 5.74) is 0. The number of Topliss-reactive ketones (excluding diaryl/α,β-unsaturated/α-hetero) is 1. The predicted molar refractivity (Wildman–Crippen MR) is 51.3 cm³/mol.